The van der Waals surface area contributed by atoms with Gasteiger partial charge in [-0.1, -0.05) is 25.9 Å². The largest absolute Gasteiger partial charge is 0.367 e. The van der Waals surface area contributed by atoms with Gasteiger partial charge in [-0.05, 0) is 44.4 Å². The van der Waals surface area contributed by atoms with Crippen LogP contribution in [0.3, 0.4) is 0 Å². The van der Waals surface area contributed by atoms with Gasteiger partial charge in [0.2, 0.25) is 11.7 Å². The molecule has 1 aromatic heterocycles. The second-order valence-corrected chi connectivity index (χ2v) is 6.98. The molecule has 0 bridgehead atoms. The summed E-state index contributed by atoms with van der Waals surface area (Å²) in [4.78, 5) is 4.58. The number of hydrogen-bond donors (Lipinski definition) is 1. The van der Waals surface area contributed by atoms with E-state index in [4.69, 9.17) is 15.0 Å². The Morgan fingerprint density at radius 1 is 1.24 bits per heavy atom. The van der Waals surface area contributed by atoms with Crippen LogP contribution in [0.4, 0.5) is 0 Å². The van der Waals surface area contributed by atoms with Crippen LogP contribution in [-0.2, 0) is 16.8 Å². The fourth-order valence-corrected chi connectivity index (χ4v) is 2.93. The third kappa shape index (κ3) is 3.83. The summed E-state index contributed by atoms with van der Waals surface area (Å²) >= 11 is 0. The molecule has 120 valence electrons. The zero-order valence-electron chi connectivity index (χ0n) is 13.8. The summed E-state index contributed by atoms with van der Waals surface area (Å²) in [7, 11) is 0. The average molecular weight is 295 g/mol. The third-order valence-corrected chi connectivity index (χ3v) is 4.67. The first kappa shape index (κ1) is 16.4. The van der Waals surface area contributed by atoms with E-state index in [9.17, 15) is 0 Å². The van der Waals surface area contributed by atoms with Gasteiger partial charge in [-0.3, -0.25) is 0 Å². The summed E-state index contributed by atoms with van der Waals surface area (Å²) in [6, 6.07) is 0.0756. The molecule has 1 aromatic rings. The second-order valence-electron chi connectivity index (χ2n) is 6.98. The Balaban J connectivity index is 2.15. The normalized spacial score (nSPS) is 22.1. The summed E-state index contributed by atoms with van der Waals surface area (Å²) in [5.41, 5.74) is 5.96. The molecule has 0 aliphatic heterocycles. The molecule has 5 nitrogen and oxygen atoms in total. The van der Waals surface area contributed by atoms with Crippen molar-refractivity contribution in [2.24, 2.45) is 11.1 Å². The van der Waals surface area contributed by atoms with E-state index < -0.39 is 0 Å². The molecule has 1 aliphatic carbocycles. The highest BCUT2D eigenvalue weighted by molar-refractivity contribution is 5.05. The van der Waals surface area contributed by atoms with Gasteiger partial charge >= 0.3 is 0 Å². The van der Waals surface area contributed by atoms with E-state index in [2.05, 4.69) is 30.9 Å². The number of aromatic nitrogens is 2. The fourth-order valence-electron chi connectivity index (χ4n) is 2.93. The lowest BCUT2D eigenvalue weighted by Crippen LogP contribution is -2.38. The van der Waals surface area contributed by atoms with Crippen molar-refractivity contribution in [1.29, 1.82) is 0 Å². The van der Waals surface area contributed by atoms with Crippen LogP contribution < -0.4 is 5.73 Å². The van der Waals surface area contributed by atoms with E-state index in [1.807, 2.05) is 6.92 Å². The predicted molar refractivity (Wildman–Crippen MR) is 81.8 cm³/mol. The van der Waals surface area contributed by atoms with Gasteiger partial charge in [0, 0.05) is 19.1 Å². The average Bonchev–Trinajstić information content (AvgIpc) is 2.90. The van der Waals surface area contributed by atoms with Crippen molar-refractivity contribution in [3.63, 3.8) is 0 Å². The number of rotatable bonds is 6. The first-order chi connectivity index (χ1) is 9.91. The molecule has 1 fully saturated rings. The topological polar surface area (TPSA) is 74.2 Å². The first-order valence-corrected chi connectivity index (χ1v) is 8.13. The molecule has 1 unspecified atom stereocenters. The maximum Gasteiger partial charge on any atom is 0.228 e. The monoisotopic (exact) mass is 295 g/mol. The Kier molecular flexibility index (Phi) is 5.04. The van der Waals surface area contributed by atoms with Gasteiger partial charge in [0.1, 0.15) is 5.60 Å². The van der Waals surface area contributed by atoms with Crippen molar-refractivity contribution in [3.05, 3.63) is 11.7 Å². The Hall–Kier alpha value is -0.940. The standard InChI is InChI=1S/C16H29N3O2/c1-5-12(17)11-13-18-14(19-21-13)16(20-6-2)9-7-15(3,4)8-10-16/h12H,5-11,17H2,1-4H3. The highest BCUT2D eigenvalue weighted by Crippen LogP contribution is 2.46. The maximum absolute atomic E-state index is 6.08. The summed E-state index contributed by atoms with van der Waals surface area (Å²) < 4.78 is 11.5. The minimum Gasteiger partial charge on any atom is -0.367 e. The molecule has 1 saturated carbocycles. The summed E-state index contributed by atoms with van der Waals surface area (Å²) in [5, 5.41) is 4.20. The second kappa shape index (κ2) is 6.44. The summed E-state index contributed by atoms with van der Waals surface area (Å²) in [5.74, 6) is 1.33. The summed E-state index contributed by atoms with van der Waals surface area (Å²) in [6.45, 7) is 9.37. The van der Waals surface area contributed by atoms with E-state index in [1.165, 1.54) is 0 Å². The van der Waals surface area contributed by atoms with Crippen LogP contribution in [0.2, 0.25) is 0 Å². The van der Waals surface area contributed by atoms with Gasteiger partial charge in [-0.25, -0.2) is 0 Å². The van der Waals surface area contributed by atoms with Crippen molar-refractivity contribution < 1.29 is 9.26 Å². The molecular weight excluding hydrogens is 266 g/mol. The highest BCUT2D eigenvalue weighted by Gasteiger charge is 2.43. The Bertz CT molecular complexity index is 446. The lowest BCUT2D eigenvalue weighted by atomic mass is 9.70. The fraction of sp³-hybridized carbons (Fsp3) is 0.875. The molecule has 2 N–H and O–H groups in total. The summed E-state index contributed by atoms with van der Waals surface area (Å²) in [6.07, 6.45) is 5.68. The van der Waals surface area contributed by atoms with Gasteiger partial charge in [-0.2, -0.15) is 4.98 Å². The quantitative estimate of drug-likeness (QED) is 0.872. The Morgan fingerprint density at radius 2 is 1.90 bits per heavy atom. The lowest BCUT2D eigenvalue weighted by Gasteiger charge is -2.41. The van der Waals surface area contributed by atoms with Gasteiger partial charge in [0.25, 0.3) is 0 Å². The van der Waals surface area contributed by atoms with Gasteiger partial charge in [0.05, 0.1) is 0 Å². The zero-order chi connectivity index (χ0) is 15.5. The van der Waals surface area contributed by atoms with Crippen LogP contribution in [-0.4, -0.2) is 22.8 Å². The molecule has 0 aromatic carbocycles. The highest BCUT2D eigenvalue weighted by atomic mass is 16.5. The van der Waals surface area contributed by atoms with E-state index in [0.717, 1.165) is 32.1 Å². The predicted octanol–water partition coefficient (Wildman–Crippen LogP) is 3.18. The molecule has 2 rings (SSSR count). The van der Waals surface area contributed by atoms with Crippen LogP contribution in [0, 0.1) is 5.41 Å². The van der Waals surface area contributed by atoms with Crippen molar-refractivity contribution >= 4 is 0 Å². The van der Waals surface area contributed by atoms with Crippen LogP contribution >= 0.6 is 0 Å². The van der Waals surface area contributed by atoms with Crippen LogP contribution in [0.25, 0.3) is 0 Å². The minimum atomic E-state index is -0.373. The number of nitrogens with zero attached hydrogens (tertiary/aromatic N) is 2. The van der Waals surface area contributed by atoms with Crippen molar-refractivity contribution in [3.8, 4) is 0 Å². The minimum absolute atomic E-state index is 0.0756. The van der Waals surface area contributed by atoms with Crippen molar-refractivity contribution in [1.82, 2.24) is 10.1 Å². The van der Waals surface area contributed by atoms with Crippen molar-refractivity contribution in [2.75, 3.05) is 6.61 Å². The third-order valence-electron chi connectivity index (χ3n) is 4.67. The SMILES string of the molecule is CCOC1(c2noc(CC(N)CC)n2)CCC(C)(C)CC1. The molecule has 1 aliphatic rings. The van der Waals surface area contributed by atoms with Gasteiger partial charge in [0.15, 0.2) is 0 Å². The zero-order valence-corrected chi connectivity index (χ0v) is 13.8. The molecule has 0 spiro atoms. The van der Waals surface area contributed by atoms with E-state index in [1.54, 1.807) is 0 Å². The van der Waals surface area contributed by atoms with Crippen LogP contribution in [0.5, 0.6) is 0 Å². The number of hydrogen-bond acceptors (Lipinski definition) is 5. The smallest absolute Gasteiger partial charge is 0.228 e. The molecule has 21 heavy (non-hydrogen) atoms. The molecule has 5 heteroatoms. The van der Waals surface area contributed by atoms with E-state index in [-0.39, 0.29) is 11.6 Å². The lowest BCUT2D eigenvalue weighted by molar-refractivity contribution is -0.0957. The van der Waals surface area contributed by atoms with E-state index in [0.29, 0.717) is 30.2 Å². The van der Waals surface area contributed by atoms with Crippen LogP contribution in [0.1, 0.15) is 71.5 Å². The van der Waals surface area contributed by atoms with Crippen molar-refractivity contribution in [2.45, 2.75) is 77.9 Å². The van der Waals surface area contributed by atoms with E-state index >= 15 is 0 Å². The molecule has 0 saturated heterocycles. The number of ether oxygens (including phenoxy) is 1. The maximum atomic E-state index is 6.08. The Morgan fingerprint density at radius 3 is 2.48 bits per heavy atom. The van der Waals surface area contributed by atoms with Crippen LogP contribution in [0.15, 0.2) is 4.52 Å². The van der Waals surface area contributed by atoms with Gasteiger partial charge in [-0.15, -0.1) is 0 Å². The molecule has 0 radical (unpaired) electrons. The molecular formula is C16H29N3O2. The first-order valence-electron chi connectivity index (χ1n) is 8.13. The number of nitrogens with two attached hydrogens (primary N) is 1. The van der Waals surface area contributed by atoms with Gasteiger partial charge < -0.3 is 15.0 Å². The Labute approximate surface area is 127 Å². The molecule has 1 heterocycles. The molecule has 0 amide bonds. The molecule has 1 atom stereocenters.